The van der Waals surface area contributed by atoms with E-state index in [0.29, 0.717) is 5.01 Å². The van der Waals surface area contributed by atoms with Gasteiger partial charge >= 0.3 is 5.97 Å². The third-order valence-electron chi connectivity index (χ3n) is 2.15. The van der Waals surface area contributed by atoms with Crippen molar-refractivity contribution in [3.63, 3.8) is 0 Å². The van der Waals surface area contributed by atoms with Crippen LogP contribution in [0.5, 0.6) is 0 Å². The van der Waals surface area contributed by atoms with Crippen molar-refractivity contribution >= 4 is 29.1 Å². The molecule has 0 saturated heterocycles. The Morgan fingerprint density at radius 2 is 2.16 bits per heavy atom. The SMILES string of the molecule is CC(N)c1nc(C(=O)NC(CC(N)=O)C(=O)O)cs1. The number of nitrogens with two attached hydrogens (primary N) is 2. The van der Waals surface area contributed by atoms with Crippen LogP contribution in [-0.4, -0.2) is 33.9 Å². The third kappa shape index (κ3) is 4.30. The highest BCUT2D eigenvalue weighted by Crippen LogP contribution is 2.15. The van der Waals surface area contributed by atoms with E-state index < -0.39 is 30.2 Å². The monoisotopic (exact) mass is 286 g/mol. The van der Waals surface area contributed by atoms with Crippen molar-refractivity contribution in [2.24, 2.45) is 11.5 Å². The van der Waals surface area contributed by atoms with Gasteiger partial charge in [-0.3, -0.25) is 9.59 Å². The van der Waals surface area contributed by atoms with Crippen molar-refractivity contribution in [3.8, 4) is 0 Å². The van der Waals surface area contributed by atoms with Gasteiger partial charge in [-0.15, -0.1) is 11.3 Å². The maximum Gasteiger partial charge on any atom is 0.326 e. The Labute approximate surface area is 112 Å². The van der Waals surface area contributed by atoms with E-state index in [4.69, 9.17) is 16.6 Å². The van der Waals surface area contributed by atoms with Crippen molar-refractivity contribution in [3.05, 3.63) is 16.1 Å². The van der Waals surface area contributed by atoms with Gasteiger partial charge in [-0.05, 0) is 6.92 Å². The van der Waals surface area contributed by atoms with Gasteiger partial charge in [0.1, 0.15) is 16.7 Å². The molecule has 0 aliphatic heterocycles. The fraction of sp³-hybridized carbons (Fsp3) is 0.400. The summed E-state index contributed by atoms with van der Waals surface area (Å²) < 4.78 is 0. The third-order valence-corrected chi connectivity index (χ3v) is 3.20. The lowest BCUT2D eigenvalue weighted by Crippen LogP contribution is -2.43. The molecular formula is C10H14N4O4S. The summed E-state index contributed by atoms with van der Waals surface area (Å²) in [7, 11) is 0. The number of carboxylic acid groups (broad SMARTS) is 1. The van der Waals surface area contributed by atoms with Crippen molar-refractivity contribution in [2.75, 3.05) is 0 Å². The largest absolute Gasteiger partial charge is 0.480 e. The lowest BCUT2D eigenvalue weighted by atomic mass is 10.2. The summed E-state index contributed by atoms with van der Waals surface area (Å²) in [6, 6.07) is -1.68. The molecule has 2 atom stereocenters. The van der Waals surface area contributed by atoms with E-state index in [2.05, 4.69) is 10.3 Å². The zero-order chi connectivity index (χ0) is 14.6. The summed E-state index contributed by atoms with van der Waals surface area (Å²) in [5.41, 5.74) is 10.6. The van der Waals surface area contributed by atoms with Crippen LogP contribution in [0, 0.1) is 0 Å². The van der Waals surface area contributed by atoms with Crippen LogP contribution in [0.4, 0.5) is 0 Å². The number of hydrogen-bond donors (Lipinski definition) is 4. The molecule has 0 radical (unpaired) electrons. The predicted octanol–water partition coefficient (Wildman–Crippen LogP) is -0.779. The summed E-state index contributed by atoms with van der Waals surface area (Å²) in [5.74, 6) is -2.84. The number of rotatable bonds is 6. The van der Waals surface area contributed by atoms with Crippen molar-refractivity contribution < 1.29 is 19.5 Å². The topological polar surface area (TPSA) is 148 Å². The number of carbonyl (C=O) groups excluding carboxylic acids is 2. The molecule has 8 nitrogen and oxygen atoms in total. The van der Waals surface area contributed by atoms with E-state index in [0.717, 1.165) is 0 Å². The average molecular weight is 286 g/mol. The zero-order valence-electron chi connectivity index (χ0n) is 10.1. The minimum absolute atomic E-state index is 0.0630. The molecule has 0 bridgehead atoms. The summed E-state index contributed by atoms with van der Waals surface area (Å²) >= 11 is 1.20. The molecule has 6 N–H and O–H groups in total. The van der Waals surface area contributed by atoms with Gasteiger partial charge in [-0.25, -0.2) is 9.78 Å². The number of aliphatic carboxylic acids is 1. The van der Waals surface area contributed by atoms with E-state index in [-0.39, 0.29) is 11.7 Å². The molecule has 0 aliphatic carbocycles. The smallest absolute Gasteiger partial charge is 0.326 e. The van der Waals surface area contributed by atoms with Crippen LogP contribution in [0.2, 0.25) is 0 Å². The van der Waals surface area contributed by atoms with Crippen molar-refractivity contribution in [2.45, 2.75) is 25.4 Å². The molecule has 2 amide bonds. The number of aromatic nitrogens is 1. The highest BCUT2D eigenvalue weighted by Gasteiger charge is 2.24. The summed E-state index contributed by atoms with van der Waals surface area (Å²) in [5, 5.41) is 13.1. The van der Waals surface area contributed by atoms with Gasteiger partial charge in [0.05, 0.1) is 12.5 Å². The predicted molar refractivity (Wildman–Crippen MR) is 67.4 cm³/mol. The molecule has 0 spiro atoms. The molecule has 0 aliphatic rings. The van der Waals surface area contributed by atoms with Crippen LogP contribution >= 0.6 is 11.3 Å². The Hall–Kier alpha value is -2.00. The second kappa shape index (κ2) is 6.25. The molecule has 0 aromatic carbocycles. The summed E-state index contributed by atoms with van der Waals surface area (Å²) in [6.07, 6.45) is -0.481. The number of hydrogen-bond acceptors (Lipinski definition) is 6. The van der Waals surface area contributed by atoms with Gasteiger partial charge < -0.3 is 21.9 Å². The van der Waals surface area contributed by atoms with Crippen LogP contribution in [0.15, 0.2) is 5.38 Å². The van der Waals surface area contributed by atoms with Crippen molar-refractivity contribution in [1.82, 2.24) is 10.3 Å². The van der Waals surface area contributed by atoms with E-state index in [9.17, 15) is 14.4 Å². The van der Waals surface area contributed by atoms with Crippen molar-refractivity contribution in [1.29, 1.82) is 0 Å². The molecule has 2 unspecified atom stereocenters. The minimum Gasteiger partial charge on any atom is -0.480 e. The number of nitrogens with zero attached hydrogens (tertiary/aromatic N) is 1. The first-order valence-corrected chi connectivity index (χ1v) is 6.22. The molecule has 104 valence electrons. The zero-order valence-corrected chi connectivity index (χ0v) is 10.9. The van der Waals surface area contributed by atoms with Crippen LogP contribution in [0.1, 0.15) is 34.9 Å². The normalized spacial score (nSPS) is 13.6. The van der Waals surface area contributed by atoms with Crippen LogP contribution in [0.3, 0.4) is 0 Å². The number of carboxylic acids is 1. The molecule has 0 saturated carbocycles. The Morgan fingerprint density at radius 3 is 2.58 bits per heavy atom. The summed E-state index contributed by atoms with van der Waals surface area (Å²) in [6.45, 7) is 1.72. The maximum absolute atomic E-state index is 11.8. The first-order valence-electron chi connectivity index (χ1n) is 5.34. The van der Waals surface area contributed by atoms with Crippen LogP contribution in [-0.2, 0) is 9.59 Å². The number of amides is 2. The van der Waals surface area contributed by atoms with Gasteiger partial charge in [-0.1, -0.05) is 0 Å². The highest BCUT2D eigenvalue weighted by molar-refractivity contribution is 7.09. The number of primary amides is 1. The van der Waals surface area contributed by atoms with Gasteiger partial charge in [0.15, 0.2) is 0 Å². The lowest BCUT2D eigenvalue weighted by molar-refractivity contribution is -0.140. The molecule has 1 rings (SSSR count). The van der Waals surface area contributed by atoms with Crippen LogP contribution in [0.25, 0.3) is 0 Å². The first-order chi connectivity index (χ1) is 8.81. The Bertz CT molecular complexity index is 499. The van der Waals surface area contributed by atoms with E-state index in [1.807, 2.05) is 0 Å². The van der Waals surface area contributed by atoms with E-state index >= 15 is 0 Å². The second-order valence-electron chi connectivity index (χ2n) is 3.89. The van der Waals surface area contributed by atoms with Gasteiger partial charge in [0.25, 0.3) is 5.91 Å². The molecule has 1 aromatic rings. The molecule has 1 heterocycles. The Morgan fingerprint density at radius 1 is 1.53 bits per heavy atom. The first kappa shape index (κ1) is 15.1. The molecule has 9 heteroatoms. The summed E-state index contributed by atoms with van der Waals surface area (Å²) in [4.78, 5) is 37.3. The quantitative estimate of drug-likeness (QED) is 0.539. The molecule has 19 heavy (non-hydrogen) atoms. The van der Waals surface area contributed by atoms with Gasteiger partial charge in [0.2, 0.25) is 5.91 Å². The molecular weight excluding hydrogens is 272 g/mol. The number of carbonyl (C=O) groups is 3. The second-order valence-corrected chi connectivity index (χ2v) is 4.78. The molecule has 1 aromatic heterocycles. The molecule has 0 fully saturated rings. The van der Waals surface area contributed by atoms with Crippen LogP contribution < -0.4 is 16.8 Å². The van der Waals surface area contributed by atoms with E-state index in [1.54, 1.807) is 6.92 Å². The van der Waals surface area contributed by atoms with Gasteiger partial charge in [0, 0.05) is 5.38 Å². The Kier molecular flexibility index (Phi) is 4.95. The minimum atomic E-state index is -1.37. The Balaban J connectivity index is 2.75. The lowest BCUT2D eigenvalue weighted by Gasteiger charge is -2.11. The standard InChI is InChI=1S/C10H14N4O4S/c1-4(11)9-14-6(3-19-9)8(16)13-5(10(17)18)2-7(12)15/h3-5H,2,11H2,1H3,(H2,12,15)(H,13,16)(H,17,18). The number of thiazole rings is 1. The number of nitrogens with one attached hydrogen (secondary N) is 1. The average Bonchev–Trinajstić information content (AvgIpc) is 2.76. The maximum atomic E-state index is 11.8. The highest BCUT2D eigenvalue weighted by atomic mass is 32.1. The fourth-order valence-corrected chi connectivity index (χ4v) is 1.99. The van der Waals surface area contributed by atoms with E-state index in [1.165, 1.54) is 16.7 Å². The van der Waals surface area contributed by atoms with Gasteiger partial charge in [-0.2, -0.15) is 0 Å². The fourth-order valence-electron chi connectivity index (χ4n) is 1.23.